The molecule has 0 radical (unpaired) electrons. The lowest BCUT2D eigenvalue weighted by atomic mass is 9.44. The highest BCUT2D eigenvalue weighted by atomic mass is 19.1. The van der Waals surface area contributed by atoms with E-state index in [1.807, 2.05) is 0 Å². The van der Waals surface area contributed by atoms with E-state index in [4.69, 9.17) is 9.57 Å². The SMILES string of the molecule is COC(=O)c1ccc(N(C)O[C@]2(C(=O)CO)CC[C@H]3[C@@H]4C[C@H](F)C5=CC(=O)C=C[C@]5(C)[C@@]4(F)[C@@H](O)C[C@@]32C)cc1. The number of rotatable bonds is 6. The van der Waals surface area contributed by atoms with E-state index >= 15 is 8.78 Å². The number of hydrogen-bond acceptors (Lipinski definition) is 8. The molecule has 216 valence electrons. The van der Waals surface area contributed by atoms with Gasteiger partial charge in [-0.15, -0.1) is 0 Å². The fourth-order valence-corrected chi connectivity index (χ4v) is 8.19. The van der Waals surface area contributed by atoms with Gasteiger partial charge in [-0.05, 0) is 80.5 Å². The number of aliphatic hydroxyl groups is 2. The van der Waals surface area contributed by atoms with Crippen LogP contribution in [0.25, 0.3) is 0 Å². The maximum absolute atomic E-state index is 17.4. The van der Waals surface area contributed by atoms with Crippen LogP contribution in [0.4, 0.5) is 14.5 Å². The van der Waals surface area contributed by atoms with Gasteiger partial charge in [0.25, 0.3) is 0 Å². The standard InChI is InChI=1S/C30H35F2NO7/c1-27-11-9-19(35)13-22(27)23(31)14-21-20-10-12-29(25(37)16-34,28(20,2)15-24(36)30(21,27)32)40-33(3)18-7-5-17(6-8-18)26(38)39-4/h5-9,11,13,20-21,23-24,34,36H,10,12,14-16H2,1-4H3/t20-,21-,23-,24-,27-,28-,29-,30-/m0/s1. The first-order valence-electron chi connectivity index (χ1n) is 13.5. The van der Waals surface area contributed by atoms with Crippen LogP contribution in [0.2, 0.25) is 0 Å². The molecule has 10 heteroatoms. The number of hydroxylamine groups is 1. The summed E-state index contributed by atoms with van der Waals surface area (Å²) in [6.45, 7) is 2.44. The van der Waals surface area contributed by atoms with Crippen molar-refractivity contribution in [3.63, 3.8) is 0 Å². The van der Waals surface area contributed by atoms with Gasteiger partial charge in [0.1, 0.15) is 12.8 Å². The number of carbonyl (C=O) groups excluding carboxylic acids is 3. The van der Waals surface area contributed by atoms with E-state index < -0.39 is 70.4 Å². The van der Waals surface area contributed by atoms with Gasteiger partial charge in [-0.25, -0.2) is 13.6 Å². The van der Waals surface area contributed by atoms with Crippen molar-refractivity contribution in [3.05, 3.63) is 53.6 Å². The van der Waals surface area contributed by atoms with Crippen molar-refractivity contribution in [1.29, 1.82) is 0 Å². The third-order valence-corrected chi connectivity index (χ3v) is 10.3. The Hall–Kier alpha value is -2.95. The Balaban J connectivity index is 1.53. The second-order valence-corrected chi connectivity index (χ2v) is 11.9. The fraction of sp³-hybridized carbons (Fsp3) is 0.567. The number of nitrogens with zero attached hydrogens (tertiary/aromatic N) is 1. The van der Waals surface area contributed by atoms with Gasteiger partial charge in [-0.3, -0.25) is 19.5 Å². The van der Waals surface area contributed by atoms with Crippen LogP contribution in [0, 0.1) is 22.7 Å². The number of halogens is 2. The normalized spacial score (nSPS) is 40.0. The number of hydrogen-bond donors (Lipinski definition) is 2. The Bertz CT molecular complexity index is 1300. The second-order valence-electron chi connectivity index (χ2n) is 11.9. The molecule has 0 aromatic heterocycles. The van der Waals surface area contributed by atoms with Gasteiger partial charge in [0.15, 0.2) is 22.8 Å². The molecule has 8 nitrogen and oxygen atoms in total. The third kappa shape index (κ3) is 3.68. The molecule has 0 heterocycles. The van der Waals surface area contributed by atoms with Crippen LogP contribution < -0.4 is 5.06 Å². The first-order valence-corrected chi connectivity index (χ1v) is 13.5. The average Bonchev–Trinajstić information content (AvgIpc) is 3.22. The van der Waals surface area contributed by atoms with Crippen LogP contribution in [0.3, 0.4) is 0 Å². The van der Waals surface area contributed by atoms with E-state index in [1.165, 1.54) is 31.2 Å². The lowest BCUT2D eigenvalue weighted by Gasteiger charge is -2.63. The quantitative estimate of drug-likeness (QED) is 0.403. The first-order chi connectivity index (χ1) is 18.8. The zero-order valence-corrected chi connectivity index (χ0v) is 23.0. The Kier molecular flexibility index (Phi) is 6.83. The molecule has 3 saturated carbocycles. The Labute approximate surface area is 231 Å². The van der Waals surface area contributed by atoms with Crippen LogP contribution in [-0.4, -0.2) is 72.1 Å². The smallest absolute Gasteiger partial charge is 0.337 e. The number of aliphatic hydroxyl groups excluding tert-OH is 2. The first kappa shape index (κ1) is 28.6. The molecular weight excluding hydrogens is 524 g/mol. The Morgan fingerprint density at radius 1 is 1.18 bits per heavy atom. The summed E-state index contributed by atoms with van der Waals surface area (Å²) in [6.07, 6.45) is 0.555. The molecule has 3 fully saturated rings. The minimum absolute atomic E-state index is 0.0310. The Morgan fingerprint density at radius 2 is 1.85 bits per heavy atom. The van der Waals surface area contributed by atoms with Gasteiger partial charge in [0.2, 0.25) is 0 Å². The van der Waals surface area contributed by atoms with Crippen molar-refractivity contribution in [2.24, 2.45) is 22.7 Å². The summed E-state index contributed by atoms with van der Waals surface area (Å²) >= 11 is 0. The fourth-order valence-electron chi connectivity index (χ4n) is 8.19. The number of methoxy groups -OCH3 is 1. The molecule has 0 unspecified atom stereocenters. The zero-order valence-electron chi connectivity index (χ0n) is 23.0. The average molecular weight is 560 g/mol. The summed E-state index contributed by atoms with van der Waals surface area (Å²) in [4.78, 5) is 43.8. The largest absolute Gasteiger partial charge is 0.465 e. The van der Waals surface area contributed by atoms with Crippen molar-refractivity contribution in [3.8, 4) is 0 Å². The van der Waals surface area contributed by atoms with E-state index in [0.29, 0.717) is 17.7 Å². The molecule has 0 aliphatic heterocycles. The molecule has 5 rings (SSSR count). The number of ketones is 2. The number of ether oxygens (including phenoxy) is 1. The van der Waals surface area contributed by atoms with Crippen molar-refractivity contribution in [2.45, 2.75) is 63.1 Å². The summed E-state index contributed by atoms with van der Waals surface area (Å²) in [5.74, 6) is -3.08. The molecule has 1 aromatic rings. The molecule has 0 spiro atoms. The number of benzene rings is 1. The van der Waals surface area contributed by atoms with Gasteiger partial charge in [-0.1, -0.05) is 13.0 Å². The molecule has 0 bridgehead atoms. The van der Waals surface area contributed by atoms with E-state index in [9.17, 15) is 24.6 Å². The maximum atomic E-state index is 17.4. The van der Waals surface area contributed by atoms with Crippen molar-refractivity contribution >= 4 is 23.2 Å². The van der Waals surface area contributed by atoms with Crippen LogP contribution in [-0.2, 0) is 19.2 Å². The third-order valence-electron chi connectivity index (χ3n) is 10.3. The number of alkyl halides is 2. The summed E-state index contributed by atoms with van der Waals surface area (Å²) in [7, 11) is 2.85. The molecule has 0 amide bonds. The lowest BCUT2D eigenvalue weighted by molar-refractivity contribution is -0.231. The number of anilines is 1. The molecule has 1 aromatic carbocycles. The molecule has 4 aliphatic carbocycles. The number of carbonyl (C=O) groups is 3. The number of esters is 1. The van der Waals surface area contributed by atoms with Crippen LogP contribution in [0.1, 0.15) is 49.9 Å². The number of fused-ring (bicyclic) bond motifs is 5. The summed E-state index contributed by atoms with van der Waals surface area (Å²) in [6, 6.07) is 6.31. The minimum Gasteiger partial charge on any atom is -0.465 e. The lowest BCUT2D eigenvalue weighted by Crippen LogP contribution is -2.71. The second kappa shape index (κ2) is 9.56. The monoisotopic (exact) mass is 559 g/mol. The summed E-state index contributed by atoms with van der Waals surface area (Å²) in [5.41, 5.74) is -5.75. The predicted octanol–water partition coefficient (Wildman–Crippen LogP) is 3.46. The van der Waals surface area contributed by atoms with E-state index in [0.717, 1.165) is 6.08 Å². The van der Waals surface area contributed by atoms with E-state index in [-0.39, 0.29) is 24.8 Å². The zero-order chi connectivity index (χ0) is 29.3. The topological polar surface area (TPSA) is 113 Å². The molecule has 40 heavy (non-hydrogen) atoms. The van der Waals surface area contributed by atoms with Crippen molar-refractivity contribution < 1.29 is 43.0 Å². The summed E-state index contributed by atoms with van der Waals surface area (Å²) < 4.78 is 37.8. The van der Waals surface area contributed by atoms with E-state index in [1.54, 1.807) is 38.2 Å². The van der Waals surface area contributed by atoms with Gasteiger partial charge in [0.05, 0.1) is 24.5 Å². The predicted molar refractivity (Wildman–Crippen MR) is 141 cm³/mol. The van der Waals surface area contributed by atoms with Gasteiger partial charge >= 0.3 is 5.97 Å². The molecule has 2 N–H and O–H groups in total. The number of Topliss-reactive ketones (excluding diaryl/α,β-unsaturated/α-hetero) is 1. The number of allylic oxidation sites excluding steroid dienone is 4. The van der Waals surface area contributed by atoms with E-state index in [2.05, 4.69) is 0 Å². The van der Waals surface area contributed by atoms with Gasteiger partial charge < -0.3 is 14.9 Å². The van der Waals surface area contributed by atoms with Crippen LogP contribution >= 0.6 is 0 Å². The Morgan fingerprint density at radius 3 is 2.48 bits per heavy atom. The minimum atomic E-state index is -2.28. The highest BCUT2D eigenvalue weighted by Gasteiger charge is 2.76. The summed E-state index contributed by atoms with van der Waals surface area (Å²) in [5, 5.41) is 22.9. The van der Waals surface area contributed by atoms with Gasteiger partial charge in [-0.2, -0.15) is 0 Å². The molecule has 4 aliphatic rings. The van der Waals surface area contributed by atoms with Gasteiger partial charge in [0, 0.05) is 23.8 Å². The highest BCUT2D eigenvalue weighted by Crippen LogP contribution is 2.70. The van der Waals surface area contributed by atoms with Crippen LogP contribution in [0.5, 0.6) is 0 Å². The molecule has 8 atom stereocenters. The molecular formula is C30H35F2NO7. The van der Waals surface area contributed by atoms with Crippen LogP contribution in [0.15, 0.2) is 48.1 Å². The van der Waals surface area contributed by atoms with Crippen molar-refractivity contribution in [2.75, 3.05) is 25.8 Å². The highest BCUT2D eigenvalue weighted by molar-refractivity contribution is 6.01. The maximum Gasteiger partial charge on any atom is 0.337 e. The molecule has 0 saturated heterocycles. The van der Waals surface area contributed by atoms with Crippen molar-refractivity contribution in [1.82, 2.24) is 0 Å².